The van der Waals surface area contributed by atoms with Gasteiger partial charge in [-0.25, -0.2) is 4.79 Å². The number of rotatable bonds is 4. The predicted molar refractivity (Wildman–Crippen MR) is 94.7 cm³/mol. The van der Waals surface area contributed by atoms with Crippen LogP contribution in [0.3, 0.4) is 0 Å². The third kappa shape index (κ3) is 4.05. The lowest BCUT2D eigenvalue weighted by molar-refractivity contribution is -0.138. The molecule has 0 N–H and O–H groups in total. The number of nitrogens with zero attached hydrogens (tertiary/aromatic N) is 1. The molecule has 0 amide bonds. The fourth-order valence-electron chi connectivity index (χ4n) is 2.20. The van der Waals surface area contributed by atoms with E-state index in [0.29, 0.717) is 0 Å². The molecule has 0 aliphatic rings. The molecule has 2 aromatic carbocycles. The molecule has 0 aliphatic carbocycles. The van der Waals surface area contributed by atoms with Gasteiger partial charge < -0.3 is 4.74 Å². The zero-order valence-corrected chi connectivity index (χ0v) is 13.9. The van der Waals surface area contributed by atoms with Crippen LogP contribution in [0.1, 0.15) is 11.1 Å². The number of benzene rings is 2. The fourth-order valence-corrected chi connectivity index (χ4v) is 2.47. The highest BCUT2D eigenvalue weighted by atomic mass is 79.9. The molecule has 0 fully saturated rings. The molecule has 1 aromatic heterocycles. The Balaban J connectivity index is 1.67. The van der Waals surface area contributed by atoms with E-state index in [0.717, 1.165) is 26.5 Å². The van der Waals surface area contributed by atoms with E-state index >= 15 is 0 Å². The molecular weight excluding hydrogens is 354 g/mol. The van der Waals surface area contributed by atoms with Crippen LogP contribution in [0.2, 0.25) is 0 Å². The summed E-state index contributed by atoms with van der Waals surface area (Å²) in [5, 5.41) is 1.04. The maximum atomic E-state index is 11.9. The molecule has 0 spiro atoms. The largest absolute Gasteiger partial charge is 0.458 e. The van der Waals surface area contributed by atoms with Gasteiger partial charge in [0, 0.05) is 27.7 Å². The molecule has 114 valence electrons. The van der Waals surface area contributed by atoms with E-state index in [-0.39, 0.29) is 12.6 Å². The second-order valence-electron chi connectivity index (χ2n) is 4.99. The Bertz CT molecular complexity index is 851. The summed E-state index contributed by atoms with van der Waals surface area (Å²) in [6.45, 7) is 0.254. The summed E-state index contributed by atoms with van der Waals surface area (Å²) in [7, 11) is 0. The van der Waals surface area contributed by atoms with Crippen LogP contribution in [0, 0.1) is 0 Å². The van der Waals surface area contributed by atoms with Crippen molar-refractivity contribution in [1.29, 1.82) is 0 Å². The molecule has 4 heteroatoms. The number of hydrogen-bond acceptors (Lipinski definition) is 3. The van der Waals surface area contributed by atoms with Gasteiger partial charge in [-0.1, -0.05) is 52.3 Å². The van der Waals surface area contributed by atoms with E-state index < -0.39 is 0 Å². The SMILES string of the molecule is O=C(/C=C/c1cccc2cccnc12)OCc1ccc(Br)cc1. The summed E-state index contributed by atoms with van der Waals surface area (Å²) >= 11 is 3.37. The van der Waals surface area contributed by atoms with Gasteiger partial charge in [0.1, 0.15) is 6.61 Å². The fraction of sp³-hybridized carbons (Fsp3) is 0.0526. The number of pyridine rings is 1. The molecule has 0 bridgehead atoms. The maximum absolute atomic E-state index is 11.9. The lowest BCUT2D eigenvalue weighted by Gasteiger charge is -2.03. The molecule has 3 nitrogen and oxygen atoms in total. The third-order valence-electron chi connectivity index (χ3n) is 3.36. The second kappa shape index (κ2) is 7.20. The van der Waals surface area contributed by atoms with Crippen molar-refractivity contribution in [2.45, 2.75) is 6.61 Å². The summed E-state index contributed by atoms with van der Waals surface area (Å²) in [6, 6.07) is 17.4. The highest BCUT2D eigenvalue weighted by molar-refractivity contribution is 9.10. The standard InChI is InChI=1S/C19H14BrNO2/c20-17-9-6-14(7-10-17)13-23-18(22)11-8-16-4-1-3-15-5-2-12-21-19(15)16/h1-12H,13H2/b11-8+. The molecule has 0 radical (unpaired) electrons. The van der Waals surface area contributed by atoms with Crippen LogP contribution < -0.4 is 0 Å². The Labute approximate surface area is 142 Å². The van der Waals surface area contributed by atoms with Gasteiger partial charge in [0.2, 0.25) is 0 Å². The molecule has 1 heterocycles. The first-order valence-corrected chi connectivity index (χ1v) is 7.95. The van der Waals surface area contributed by atoms with Gasteiger partial charge in [-0.2, -0.15) is 0 Å². The van der Waals surface area contributed by atoms with Crippen molar-refractivity contribution in [2.24, 2.45) is 0 Å². The minimum absolute atomic E-state index is 0.254. The Morgan fingerprint density at radius 1 is 1.09 bits per heavy atom. The first kappa shape index (κ1) is 15.4. The summed E-state index contributed by atoms with van der Waals surface area (Å²) < 4.78 is 6.24. The molecular formula is C19H14BrNO2. The lowest BCUT2D eigenvalue weighted by Crippen LogP contribution is -2.00. The summed E-state index contributed by atoms with van der Waals surface area (Å²) in [6.07, 6.45) is 4.91. The van der Waals surface area contributed by atoms with Gasteiger partial charge in [-0.05, 0) is 29.8 Å². The van der Waals surface area contributed by atoms with Crippen LogP contribution in [0.25, 0.3) is 17.0 Å². The number of hydrogen-bond donors (Lipinski definition) is 0. The summed E-state index contributed by atoms with van der Waals surface area (Å²) in [5.41, 5.74) is 2.71. The van der Waals surface area contributed by atoms with Gasteiger partial charge >= 0.3 is 5.97 Å². The molecule has 3 rings (SSSR count). The topological polar surface area (TPSA) is 39.2 Å². The van der Waals surface area contributed by atoms with Crippen LogP contribution in [-0.2, 0) is 16.1 Å². The molecule has 0 unspecified atom stereocenters. The molecule has 0 atom stereocenters. The Kier molecular flexibility index (Phi) is 4.83. The van der Waals surface area contributed by atoms with Crippen molar-refractivity contribution < 1.29 is 9.53 Å². The minimum Gasteiger partial charge on any atom is -0.458 e. The van der Waals surface area contributed by atoms with Gasteiger partial charge in [-0.15, -0.1) is 0 Å². The van der Waals surface area contributed by atoms with E-state index in [9.17, 15) is 4.79 Å². The molecule has 0 saturated carbocycles. The number of fused-ring (bicyclic) bond motifs is 1. The highest BCUT2D eigenvalue weighted by Crippen LogP contribution is 2.17. The maximum Gasteiger partial charge on any atom is 0.331 e. The van der Waals surface area contributed by atoms with E-state index in [4.69, 9.17) is 4.74 Å². The van der Waals surface area contributed by atoms with E-state index in [1.807, 2.05) is 54.6 Å². The van der Waals surface area contributed by atoms with E-state index in [1.54, 1.807) is 12.3 Å². The number of aromatic nitrogens is 1. The molecule has 23 heavy (non-hydrogen) atoms. The third-order valence-corrected chi connectivity index (χ3v) is 3.89. The molecule has 0 aliphatic heterocycles. The Hall–Kier alpha value is -2.46. The average Bonchev–Trinajstić information content (AvgIpc) is 2.59. The van der Waals surface area contributed by atoms with Gasteiger partial charge in [0.05, 0.1) is 5.52 Å². The van der Waals surface area contributed by atoms with Crippen molar-refractivity contribution in [3.05, 3.63) is 82.5 Å². The van der Waals surface area contributed by atoms with Crippen molar-refractivity contribution in [2.75, 3.05) is 0 Å². The Morgan fingerprint density at radius 3 is 2.70 bits per heavy atom. The number of esters is 1. The van der Waals surface area contributed by atoms with Gasteiger partial charge in [0.25, 0.3) is 0 Å². The van der Waals surface area contributed by atoms with Crippen LogP contribution in [0.4, 0.5) is 0 Å². The summed E-state index contributed by atoms with van der Waals surface area (Å²) in [4.78, 5) is 16.2. The van der Waals surface area contributed by atoms with Crippen LogP contribution in [0.15, 0.2) is 71.3 Å². The van der Waals surface area contributed by atoms with Crippen molar-refractivity contribution in [3.8, 4) is 0 Å². The monoisotopic (exact) mass is 367 g/mol. The number of carbonyl (C=O) groups excluding carboxylic acids is 1. The van der Waals surface area contributed by atoms with E-state index in [1.165, 1.54) is 6.08 Å². The highest BCUT2D eigenvalue weighted by Gasteiger charge is 2.01. The van der Waals surface area contributed by atoms with E-state index in [2.05, 4.69) is 20.9 Å². The minimum atomic E-state index is -0.374. The van der Waals surface area contributed by atoms with Crippen LogP contribution in [0.5, 0.6) is 0 Å². The van der Waals surface area contributed by atoms with Crippen LogP contribution in [-0.4, -0.2) is 11.0 Å². The predicted octanol–water partition coefficient (Wildman–Crippen LogP) is 4.75. The first-order chi connectivity index (χ1) is 11.2. The van der Waals surface area contributed by atoms with Crippen molar-refractivity contribution in [3.63, 3.8) is 0 Å². The lowest BCUT2D eigenvalue weighted by atomic mass is 10.1. The number of carbonyl (C=O) groups is 1. The van der Waals surface area contributed by atoms with Gasteiger partial charge in [-0.3, -0.25) is 4.98 Å². The number of para-hydroxylation sites is 1. The summed E-state index contributed by atoms with van der Waals surface area (Å²) in [5.74, 6) is -0.374. The normalized spacial score (nSPS) is 11.0. The number of halogens is 1. The number of ether oxygens (including phenoxy) is 1. The smallest absolute Gasteiger partial charge is 0.331 e. The molecule has 3 aromatic rings. The Morgan fingerprint density at radius 2 is 1.87 bits per heavy atom. The zero-order valence-electron chi connectivity index (χ0n) is 12.3. The van der Waals surface area contributed by atoms with Crippen molar-refractivity contribution in [1.82, 2.24) is 4.98 Å². The van der Waals surface area contributed by atoms with Crippen LogP contribution >= 0.6 is 15.9 Å². The zero-order chi connectivity index (χ0) is 16.1. The van der Waals surface area contributed by atoms with Gasteiger partial charge in [0.15, 0.2) is 0 Å². The first-order valence-electron chi connectivity index (χ1n) is 7.15. The van der Waals surface area contributed by atoms with Crippen molar-refractivity contribution >= 4 is 38.9 Å². The quantitative estimate of drug-likeness (QED) is 0.493. The molecule has 0 saturated heterocycles. The average molecular weight is 368 g/mol. The second-order valence-corrected chi connectivity index (χ2v) is 5.91.